The summed E-state index contributed by atoms with van der Waals surface area (Å²) in [6, 6.07) is 15.8. The molecular weight excluding hydrogens is 360 g/mol. The molecule has 3 rings (SSSR count). The Balaban J connectivity index is 1.70. The molecule has 0 saturated heterocycles. The van der Waals surface area contributed by atoms with Crippen molar-refractivity contribution < 1.29 is 19.0 Å². The molecule has 28 heavy (non-hydrogen) atoms. The van der Waals surface area contributed by atoms with Crippen LogP contribution in [0.2, 0.25) is 0 Å². The number of nitrogens with zero attached hydrogens (tertiary/aromatic N) is 2. The third kappa shape index (κ3) is 4.47. The third-order valence-electron chi connectivity index (χ3n) is 3.90. The Bertz CT molecular complexity index is 961. The number of carbonyl (C=O) groups excluding carboxylic acids is 1. The van der Waals surface area contributed by atoms with Crippen molar-refractivity contribution in [2.24, 2.45) is 0 Å². The molecule has 0 radical (unpaired) electrons. The van der Waals surface area contributed by atoms with Crippen molar-refractivity contribution in [1.82, 2.24) is 10.2 Å². The summed E-state index contributed by atoms with van der Waals surface area (Å²) in [5, 5.41) is 13.9. The summed E-state index contributed by atoms with van der Waals surface area (Å²) in [4.78, 5) is 12.5. The molecule has 0 saturated carbocycles. The van der Waals surface area contributed by atoms with Crippen molar-refractivity contribution >= 4 is 23.1 Å². The lowest BCUT2D eigenvalue weighted by atomic mass is 10.2. The van der Waals surface area contributed by atoms with Crippen LogP contribution in [0.3, 0.4) is 0 Å². The van der Waals surface area contributed by atoms with Crippen LogP contribution >= 0.6 is 0 Å². The van der Waals surface area contributed by atoms with Gasteiger partial charge in [-0.3, -0.25) is 4.79 Å². The molecule has 0 bridgehead atoms. The van der Waals surface area contributed by atoms with Gasteiger partial charge in [0.1, 0.15) is 17.2 Å². The molecule has 0 aliphatic rings. The second-order valence-electron chi connectivity index (χ2n) is 5.68. The van der Waals surface area contributed by atoms with E-state index in [0.29, 0.717) is 23.0 Å². The average molecular weight is 380 g/mol. The number of hydrogen-bond acceptors (Lipinski definition) is 7. The number of amides is 1. The molecule has 1 heterocycles. The molecule has 0 aliphatic carbocycles. The first-order valence-corrected chi connectivity index (χ1v) is 8.41. The van der Waals surface area contributed by atoms with Gasteiger partial charge in [-0.25, -0.2) is 0 Å². The second-order valence-corrected chi connectivity index (χ2v) is 5.68. The third-order valence-corrected chi connectivity index (χ3v) is 3.90. The number of benzene rings is 2. The van der Waals surface area contributed by atoms with E-state index >= 15 is 0 Å². The topological polar surface area (TPSA) is 94.6 Å². The molecule has 0 atom stereocenters. The summed E-state index contributed by atoms with van der Waals surface area (Å²) in [5.74, 6) is 1.94. The van der Waals surface area contributed by atoms with Crippen molar-refractivity contribution in [1.29, 1.82) is 0 Å². The van der Waals surface area contributed by atoms with E-state index in [1.165, 1.54) is 7.11 Å². The van der Waals surface area contributed by atoms with E-state index in [0.717, 1.165) is 11.4 Å². The highest BCUT2D eigenvalue weighted by molar-refractivity contribution is 6.03. The first-order chi connectivity index (χ1) is 13.6. The summed E-state index contributed by atoms with van der Waals surface area (Å²) in [6.07, 6.45) is 0. The van der Waals surface area contributed by atoms with Gasteiger partial charge in [-0.1, -0.05) is 6.07 Å². The Hall–Kier alpha value is -3.81. The number of carbonyl (C=O) groups is 1. The molecule has 8 heteroatoms. The predicted molar refractivity (Wildman–Crippen MR) is 106 cm³/mol. The van der Waals surface area contributed by atoms with Crippen LogP contribution in [-0.4, -0.2) is 37.4 Å². The molecule has 3 aromatic rings. The van der Waals surface area contributed by atoms with Gasteiger partial charge in [0.25, 0.3) is 5.91 Å². The highest BCUT2D eigenvalue weighted by Gasteiger charge is 2.13. The molecule has 0 spiro atoms. The summed E-state index contributed by atoms with van der Waals surface area (Å²) in [7, 11) is 4.68. The van der Waals surface area contributed by atoms with Crippen molar-refractivity contribution in [2.45, 2.75) is 0 Å². The van der Waals surface area contributed by atoms with E-state index in [4.69, 9.17) is 14.2 Å². The number of hydrogen-bond donors (Lipinski definition) is 2. The Morgan fingerprint density at radius 1 is 0.857 bits per heavy atom. The lowest BCUT2D eigenvalue weighted by Gasteiger charge is -2.11. The van der Waals surface area contributed by atoms with E-state index in [9.17, 15) is 4.79 Å². The van der Waals surface area contributed by atoms with Crippen LogP contribution in [-0.2, 0) is 0 Å². The number of anilines is 3. The summed E-state index contributed by atoms with van der Waals surface area (Å²) < 4.78 is 15.6. The van der Waals surface area contributed by atoms with Gasteiger partial charge in [-0.05, 0) is 36.4 Å². The van der Waals surface area contributed by atoms with Crippen molar-refractivity contribution in [3.8, 4) is 17.2 Å². The maximum absolute atomic E-state index is 12.5. The number of rotatable bonds is 7. The van der Waals surface area contributed by atoms with Crippen LogP contribution < -0.4 is 24.8 Å². The molecule has 144 valence electrons. The van der Waals surface area contributed by atoms with Crippen LogP contribution in [0.15, 0.2) is 54.6 Å². The fraction of sp³-hybridized carbons (Fsp3) is 0.150. The molecule has 2 aromatic carbocycles. The maximum atomic E-state index is 12.5. The highest BCUT2D eigenvalue weighted by Crippen LogP contribution is 2.29. The molecule has 8 nitrogen and oxygen atoms in total. The van der Waals surface area contributed by atoms with Crippen LogP contribution in [0.1, 0.15) is 10.5 Å². The van der Waals surface area contributed by atoms with Crippen LogP contribution in [0.25, 0.3) is 0 Å². The molecule has 0 fully saturated rings. The largest absolute Gasteiger partial charge is 0.497 e. The smallest absolute Gasteiger partial charge is 0.276 e. The predicted octanol–water partition coefficient (Wildman–Crippen LogP) is 3.50. The first kappa shape index (κ1) is 19.0. The van der Waals surface area contributed by atoms with Crippen LogP contribution in [0.5, 0.6) is 17.2 Å². The quantitative estimate of drug-likeness (QED) is 0.648. The fourth-order valence-electron chi connectivity index (χ4n) is 2.46. The zero-order chi connectivity index (χ0) is 19.9. The Labute approximate surface area is 162 Å². The minimum Gasteiger partial charge on any atom is -0.497 e. The number of ether oxygens (including phenoxy) is 3. The van der Waals surface area contributed by atoms with E-state index in [1.807, 2.05) is 24.3 Å². The average Bonchev–Trinajstić information content (AvgIpc) is 2.74. The van der Waals surface area contributed by atoms with Crippen LogP contribution in [0.4, 0.5) is 17.2 Å². The van der Waals surface area contributed by atoms with Gasteiger partial charge in [0.05, 0.1) is 27.0 Å². The van der Waals surface area contributed by atoms with Crippen molar-refractivity contribution in [3.63, 3.8) is 0 Å². The van der Waals surface area contributed by atoms with Crippen molar-refractivity contribution in [2.75, 3.05) is 32.0 Å². The molecule has 0 unspecified atom stereocenters. The molecular formula is C20H20N4O4. The number of aromatic nitrogens is 2. The van der Waals surface area contributed by atoms with E-state index in [-0.39, 0.29) is 5.69 Å². The summed E-state index contributed by atoms with van der Waals surface area (Å²) in [6.45, 7) is 0. The minimum atomic E-state index is -0.399. The first-order valence-electron chi connectivity index (χ1n) is 8.41. The van der Waals surface area contributed by atoms with Gasteiger partial charge in [0.15, 0.2) is 11.5 Å². The van der Waals surface area contributed by atoms with Gasteiger partial charge in [-0.15, -0.1) is 10.2 Å². The summed E-state index contributed by atoms with van der Waals surface area (Å²) in [5.41, 5.74) is 1.48. The van der Waals surface area contributed by atoms with E-state index in [2.05, 4.69) is 20.8 Å². The second kappa shape index (κ2) is 8.72. The minimum absolute atomic E-state index is 0.175. The monoisotopic (exact) mass is 380 g/mol. The van der Waals surface area contributed by atoms with Gasteiger partial charge < -0.3 is 24.8 Å². The van der Waals surface area contributed by atoms with Gasteiger partial charge in [0, 0.05) is 17.8 Å². The van der Waals surface area contributed by atoms with Gasteiger partial charge in [-0.2, -0.15) is 0 Å². The highest BCUT2D eigenvalue weighted by atomic mass is 16.5. The SMILES string of the molecule is COc1cccc(Nc2ccc(C(=O)Nc3ccc(OC)cc3OC)nn2)c1. The van der Waals surface area contributed by atoms with Gasteiger partial charge >= 0.3 is 0 Å². The number of nitrogens with one attached hydrogen (secondary N) is 2. The Morgan fingerprint density at radius 3 is 2.32 bits per heavy atom. The maximum Gasteiger partial charge on any atom is 0.276 e. The lowest BCUT2D eigenvalue weighted by molar-refractivity contribution is 0.102. The van der Waals surface area contributed by atoms with Gasteiger partial charge in [0.2, 0.25) is 0 Å². The zero-order valence-electron chi connectivity index (χ0n) is 15.7. The zero-order valence-corrected chi connectivity index (χ0v) is 15.7. The lowest BCUT2D eigenvalue weighted by Crippen LogP contribution is -2.15. The van der Waals surface area contributed by atoms with E-state index in [1.54, 1.807) is 44.6 Å². The molecule has 1 amide bonds. The summed E-state index contributed by atoms with van der Waals surface area (Å²) >= 11 is 0. The Morgan fingerprint density at radius 2 is 1.64 bits per heavy atom. The molecule has 0 aliphatic heterocycles. The fourth-order valence-corrected chi connectivity index (χ4v) is 2.46. The molecule has 1 aromatic heterocycles. The van der Waals surface area contributed by atoms with Crippen LogP contribution in [0, 0.1) is 0 Å². The Kier molecular flexibility index (Phi) is 5.91. The number of methoxy groups -OCH3 is 3. The van der Waals surface area contributed by atoms with Crippen molar-refractivity contribution in [3.05, 3.63) is 60.3 Å². The molecule has 2 N–H and O–H groups in total. The standard InChI is InChI=1S/C20H20N4O4/c1-26-14-6-4-5-13(11-14)21-19-10-9-17(23-24-19)20(25)22-16-8-7-15(27-2)12-18(16)28-3/h4-12H,1-3H3,(H,21,24)(H,22,25). The van der Waals surface area contributed by atoms with E-state index < -0.39 is 5.91 Å². The normalized spacial score (nSPS) is 10.1.